The van der Waals surface area contributed by atoms with Gasteiger partial charge in [-0.3, -0.25) is 5.84 Å². The van der Waals surface area contributed by atoms with Gasteiger partial charge in [0.05, 0.1) is 6.04 Å². The van der Waals surface area contributed by atoms with Gasteiger partial charge in [-0.15, -0.1) is 0 Å². The Labute approximate surface area is 125 Å². The van der Waals surface area contributed by atoms with E-state index in [9.17, 15) is 4.39 Å². The number of nitrogens with two attached hydrogens (primary N) is 1. The Morgan fingerprint density at radius 2 is 1.86 bits per heavy atom. The molecule has 1 aliphatic rings. The molecule has 0 spiro atoms. The zero-order valence-corrected chi connectivity index (χ0v) is 12.3. The Morgan fingerprint density at radius 1 is 1.14 bits per heavy atom. The summed E-state index contributed by atoms with van der Waals surface area (Å²) in [5.74, 6) is 6.19. The van der Waals surface area contributed by atoms with E-state index in [-0.39, 0.29) is 11.9 Å². The van der Waals surface area contributed by atoms with Gasteiger partial charge in [-0.2, -0.15) is 0 Å². The maximum atomic E-state index is 14.3. The molecule has 0 radical (unpaired) electrons. The summed E-state index contributed by atoms with van der Waals surface area (Å²) in [7, 11) is 0. The average molecular weight is 284 g/mol. The summed E-state index contributed by atoms with van der Waals surface area (Å²) in [6.45, 7) is 1.77. The predicted molar refractivity (Wildman–Crippen MR) is 83.3 cm³/mol. The van der Waals surface area contributed by atoms with Gasteiger partial charge >= 0.3 is 0 Å². The van der Waals surface area contributed by atoms with Gasteiger partial charge in [0.25, 0.3) is 0 Å². The first-order valence-electron chi connectivity index (χ1n) is 7.51. The first-order chi connectivity index (χ1) is 10.2. The van der Waals surface area contributed by atoms with Crippen LogP contribution in [0.5, 0.6) is 0 Å². The summed E-state index contributed by atoms with van der Waals surface area (Å²) in [6, 6.07) is 13.5. The number of rotatable bonds is 4. The van der Waals surface area contributed by atoms with E-state index in [1.165, 1.54) is 24.8 Å². The van der Waals surface area contributed by atoms with Crippen molar-refractivity contribution in [1.82, 2.24) is 5.43 Å². The minimum absolute atomic E-state index is 0.191. The van der Waals surface area contributed by atoms with Crippen LogP contribution in [0.2, 0.25) is 0 Å². The fourth-order valence-corrected chi connectivity index (χ4v) is 2.96. The third kappa shape index (κ3) is 2.71. The van der Waals surface area contributed by atoms with Gasteiger partial charge in [-0.25, -0.2) is 9.82 Å². The molecule has 0 amide bonds. The SMILES string of the molecule is Cc1cccc(C(NN)c2ccc(C3CCC3)cc2)c1F. The van der Waals surface area contributed by atoms with Gasteiger partial charge in [0.1, 0.15) is 5.82 Å². The molecule has 1 unspecified atom stereocenters. The van der Waals surface area contributed by atoms with Crippen LogP contribution >= 0.6 is 0 Å². The molecule has 0 aromatic heterocycles. The largest absolute Gasteiger partial charge is 0.271 e. The average Bonchev–Trinajstić information content (AvgIpc) is 2.44. The molecule has 1 aliphatic carbocycles. The summed E-state index contributed by atoms with van der Waals surface area (Å²) in [5, 5.41) is 0. The predicted octanol–water partition coefficient (Wildman–Crippen LogP) is 3.95. The van der Waals surface area contributed by atoms with Crippen LogP contribution in [0.1, 0.15) is 53.5 Å². The van der Waals surface area contributed by atoms with Gasteiger partial charge < -0.3 is 0 Å². The second-order valence-corrected chi connectivity index (χ2v) is 5.87. The van der Waals surface area contributed by atoms with E-state index in [0.717, 1.165) is 5.56 Å². The second kappa shape index (κ2) is 5.96. The van der Waals surface area contributed by atoms with Crippen molar-refractivity contribution < 1.29 is 4.39 Å². The Morgan fingerprint density at radius 3 is 2.43 bits per heavy atom. The van der Waals surface area contributed by atoms with Crippen molar-refractivity contribution in [1.29, 1.82) is 0 Å². The van der Waals surface area contributed by atoms with E-state index in [4.69, 9.17) is 5.84 Å². The number of halogens is 1. The summed E-state index contributed by atoms with van der Waals surface area (Å²) in [6.07, 6.45) is 3.89. The molecule has 1 fully saturated rings. The van der Waals surface area contributed by atoms with Crippen LogP contribution in [0.4, 0.5) is 4.39 Å². The minimum Gasteiger partial charge on any atom is -0.271 e. The van der Waals surface area contributed by atoms with Crippen molar-refractivity contribution >= 4 is 0 Å². The summed E-state index contributed by atoms with van der Waals surface area (Å²) in [4.78, 5) is 0. The second-order valence-electron chi connectivity index (χ2n) is 5.87. The Bertz CT molecular complexity index is 618. The third-order valence-electron chi connectivity index (χ3n) is 4.55. The van der Waals surface area contributed by atoms with Gasteiger partial charge in [0.15, 0.2) is 0 Å². The van der Waals surface area contributed by atoms with Crippen molar-refractivity contribution in [2.24, 2.45) is 5.84 Å². The molecular weight excluding hydrogens is 263 g/mol. The molecule has 3 N–H and O–H groups in total. The lowest BCUT2D eigenvalue weighted by atomic mass is 9.79. The van der Waals surface area contributed by atoms with Crippen LogP contribution in [0, 0.1) is 12.7 Å². The molecule has 3 rings (SSSR count). The van der Waals surface area contributed by atoms with Gasteiger partial charge in [0, 0.05) is 5.56 Å². The molecule has 0 heterocycles. The lowest BCUT2D eigenvalue weighted by Gasteiger charge is -2.26. The molecule has 0 bridgehead atoms. The lowest BCUT2D eigenvalue weighted by Crippen LogP contribution is -2.29. The number of nitrogens with one attached hydrogen (secondary N) is 1. The van der Waals surface area contributed by atoms with Crippen LogP contribution in [-0.4, -0.2) is 0 Å². The van der Waals surface area contributed by atoms with Gasteiger partial charge in [0.2, 0.25) is 0 Å². The van der Waals surface area contributed by atoms with E-state index in [1.54, 1.807) is 19.1 Å². The maximum Gasteiger partial charge on any atom is 0.131 e. The standard InChI is InChI=1S/C18H21FN2/c1-12-4-2-7-16(17(12)19)18(21-20)15-10-8-14(9-11-15)13-5-3-6-13/h2,4,7-11,13,18,21H,3,5-6,20H2,1H3. The smallest absolute Gasteiger partial charge is 0.131 e. The molecule has 2 aromatic rings. The lowest BCUT2D eigenvalue weighted by molar-refractivity contribution is 0.419. The van der Waals surface area contributed by atoms with E-state index in [2.05, 4.69) is 29.7 Å². The maximum absolute atomic E-state index is 14.3. The molecule has 21 heavy (non-hydrogen) atoms. The van der Waals surface area contributed by atoms with Crippen molar-refractivity contribution in [3.8, 4) is 0 Å². The van der Waals surface area contributed by atoms with Crippen LogP contribution < -0.4 is 11.3 Å². The van der Waals surface area contributed by atoms with Crippen LogP contribution in [0.3, 0.4) is 0 Å². The number of hydrogen-bond acceptors (Lipinski definition) is 2. The number of benzene rings is 2. The monoisotopic (exact) mass is 284 g/mol. The molecule has 1 atom stereocenters. The fourth-order valence-electron chi connectivity index (χ4n) is 2.96. The molecule has 0 aliphatic heterocycles. The normalized spacial score (nSPS) is 16.5. The van der Waals surface area contributed by atoms with E-state index in [0.29, 0.717) is 17.0 Å². The fraction of sp³-hybridized carbons (Fsp3) is 0.333. The van der Waals surface area contributed by atoms with Crippen LogP contribution in [-0.2, 0) is 0 Å². The minimum atomic E-state index is -0.319. The topological polar surface area (TPSA) is 38.0 Å². The summed E-state index contributed by atoms with van der Waals surface area (Å²) in [5.41, 5.74) is 6.34. The van der Waals surface area contributed by atoms with E-state index >= 15 is 0 Å². The Hall–Kier alpha value is -1.71. The highest BCUT2D eigenvalue weighted by Gasteiger charge is 2.21. The number of hydrazine groups is 1. The van der Waals surface area contributed by atoms with E-state index < -0.39 is 0 Å². The van der Waals surface area contributed by atoms with Gasteiger partial charge in [-0.05, 0) is 42.4 Å². The molecular formula is C18H21FN2. The highest BCUT2D eigenvalue weighted by molar-refractivity contribution is 5.37. The van der Waals surface area contributed by atoms with Crippen LogP contribution in [0.15, 0.2) is 42.5 Å². The molecule has 1 saturated carbocycles. The van der Waals surface area contributed by atoms with Crippen molar-refractivity contribution in [3.05, 3.63) is 70.5 Å². The molecule has 3 heteroatoms. The third-order valence-corrected chi connectivity index (χ3v) is 4.55. The first kappa shape index (κ1) is 14.2. The van der Waals surface area contributed by atoms with E-state index in [1.807, 2.05) is 6.07 Å². The zero-order chi connectivity index (χ0) is 14.8. The van der Waals surface area contributed by atoms with Crippen molar-refractivity contribution in [3.63, 3.8) is 0 Å². The summed E-state index contributed by atoms with van der Waals surface area (Å²) >= 11 is 0. The quantitative estimate of drug-likeness (QED) is 0.659. The molecule has 110 valence electrons. The Kier molecular flexibility index (Phi) is 4.04. The number of hydrogen-bond donors (Lipinski definition) is 2. The zero-order valence-electron chi connectivity index (χ0n) is 12.3. The molecule has 2 aromatic carbocycles. The van der Waals surface area contributed by atoms with Crippen molar-refractivity contribution in [2.45, 2.75) is 38.1 Å². The highest BCUT2D eigenvalue weighted by Crippen LogP contribution is 2.37. The first-order valence-corrected chi connectivity index (χ1v) is 7.51. The molecule has 2 nitrogen and oxygen atoms in total. The number of aryl methyl sites for hydroxylation is 1. The Balaban J connectivity index is 1.90. The molecule has 0 saturated heterocycles. The van der Waals surface area contributed by atoms with Gasteiger partial charge in [-0.1, -0.05) is 48.9 Å². The van der Waals surface area contributed by atoms with Crippen molar-refractivity contribution in [2.75, 3.05) is 0 Å². The summed E-state index contributed by atoms with van der Waals surface area (Å²) < 4.78 is 14.3. The highest BCUT2D eigenvalue weighted by atomic mass is 19.1. The van der Waals surface area contributed by atoms with Crippen LogP contribution in [0.25, 0.3) is 0 Å².